The molecule has 0 amide bonds. The van der Waals surface area contributed by atoms with E-state index in [-0.39, 0.29) is 0 Å². The normalized spacial score (nSPS) is 12.0. The molecule has 0 aromatic heterocycles. The summed E-state index contributed by atoms with van der Waals surface area (Å²) in [6.07, 6.45) is 0. The van der Waals surface area contributed by atoms with Gasteiger partial charge in [-0.3, -0.25) is 0 Å². The van der Waals surface area contributed by atoms with E-state index in [0.29, 0.717) is 0 Å². The molecule has 0 fully saturated rings. The molecule has 0 saturated carbocycles. The Hall–Kier alpha value is -0.668. The molecule has 0 spiro atoms. The van der Waals surface area contributed by atoms with Crippen LogP contribution in [0.2, 0.25) is 0 Å². The van der Waals surface area contributed by atoms with Crippen LogP contribution < -0.4 is 0 Å². The monoisotopic (exact) mass is 148 g/mol. The van der Waals surface area contributed by atoms with Crippen molar-refractivity contribution in [1.82, 2.24) is 0 Å². The second-order valence-electron chi connectivity index (χ2n) is 1.02. The first-order valence-corrected chi connectivity index (χ1v) is 4.12. The molecule has 7 heteroatoms. The molecular weight excluding hydrogens is 148 g/mol. The zero-order chi connectivity index (χ0) is 6.41. The second-order valence-corrected chi connectivity index (χ2v) is 4.21. The number of hydrogen-bond donors (Lipinski definition) is 0. The molecule has 0 radical (unpaired) electrons. The summed E-state index contributed by atoms with van der Waals surface area (Å²) < 4.78 is 51.9. The molecule has 42 valence electrons. The van der Waals surface area contributed by atoms with Crippen molar-refractivity contribution in [3.8, 4) is 0 Å². The van der Waals surface area contributed by atoms with Gasteiger partial charge in [-0.25, -0.2) is 0 Å². The van der Waals surface area contributed by atoms with Crippen molar-refractivity contribution in [3.63, 3.8) is 0 Å². The molecule has 0 N–H and O–H groups in total. The van der Waals surface area contributed by atoms with Gasteiger partial charge < -0.3 is 0 Å². The van der Waals surface area contributed by atoms with E-state index in [0.717, 1.165) is 0 Å². The summed E-state index contributed by atoms with van der Waals surface area (Å²) in [6, 6.07) is 0. The van der Waals surface area contributed by atoms with E-state index >= 15 is 0 Å². The predicted octanol–water partition coefficient (Wildman–Crippen LogP) is -0.715. The molecular formula is CrO6. The minimum absolute atomic E-state index is 8.65. The first kappa shape index (κ1) is 6.33. The number of hydrogen-bond acceptors (Lipinski definition) is 6. The first-order chi connectivity index (χ1) is 2.45. The van der Waals surface area contributed by atoms with Crippen LogP contribution in [-0.4, -0.2) is 0 Å². The standard InChI is InChI=1S/Cr.6O. The van der Waals surface area contributed by atoms with Crippen LogP contribution in [0.5, 0.6) is 0 Å². The van der Waals surface area contributed by atoms with Gasteiger partial charge in [-0.05, 0) is 0 Å². The predicted molar refractivity (Wildman–Crippen MR) is 4.12 cm³/mol. The number of rotatable bonds is 0. The van der Waals surface area contributed by atoms with Crippen molar-refractivity contribution >= 4 is 0 Å². The van der Waals surface area contributed by atoms with Gasteiger partial charge in [0.05, 0.1) is 0 Å². The van der Waals surface area contributed by atoms with Gasteiger partial charge in [0.1, 0.15) is 0 Å². The van der Waals surface area contributed by atoms with Crippen LogP contribution in [0.4, 0.5) is 0 Å². The quantitative estimate of drug-likeness (QED) is 0.449. The van der Waals surface area contributed by atoms with Gasteiger partial charge in [-0.1, -0.05) is 0 Å². The van der Waals surface area contributed by atoms with Crippen LogP contribution in [0.15, 0.2) is 0 Å². The molecule has 0 aromatic carbocycles. The van der Waals surface area contributed by atoms with Crippen molar-refractivity contribution in [2.24, 2.45) is 0 Å². The van der Waals surface area contributed by atoms with E-state index in [1.807, 2.05) is 0 Å². The Balaban J connectivity index is 8.86. The fraction of sp³-hybridized carbons (Fsp3) is 0. The van der Waals surface area contributed by atoms with Gasteiger partial charge in [0, 0.05) is 0 Å². The van der Waals surface area contributed by atoms with Gasteiger partial charge in [-0.2, -0.15) is 0 Å². The van der Waals surface area contributed by atoms with Crippen LogP contribution in [0.25, 0.3) is 0 Å². The van der Waals surface area contributed by atoms with E-state index in [1.54, 1.807) is 0 Å². The van der Waals surface area contributed by atoms with E-state index in [4.69, 9.17) is 22.8 Å². The summed E-state index contributed by atoms with van der Waals surface area (Å²) in [4.78, 5) is 0. The molecule has 7 heavy (non-hydrogen) atoms. The summed E-state index contributed by atoms with van der Waals surface area (Å²) in [7, 11) is -9.46. The second kappa shape index (κ2) is 0.487. The van der Waals surface area contributed by atoms with Crippen molar-refractivity contribution in [1.29, 1.82) is 0 Å². The van der Waals surface area contributed by atoms with Gasteiger partial charge in [0.2, 0.25) is 0 Å². The molecule has 0 rings (SSSR count). The van der Waals surface area contributed by atoms with Gasteiger partial charge in [0.15, 0.2) is 0 Å². The summed E-state index contributed by atoms with van der Waals surface area (Å²) in [6.45, 7) is 0. The Kier molecular flexibility index (Phi) is 0.441. The Morgan fingerprint density at radius 1 is 0.571 bits per heavy atom. The third kappa shape index (κ3) is 133. The third-order valence-electron chi connectivity index (χ3n) is 0. The van der Waals surface area contributed by atoms with Crippen molar-refractivity contribution in [2.45, 2.75) is 0 Å². The Labute approximate surface area is 34.3 Å². The first-order valence-electron chi connectivity index (χ1n) is 1.00. The average molecular weight is 148 g/mol. The maximum absolute atomic E-state index is 9.46. The molecule has 0 aliphatic heterocycles. The van der Waals surface area contributed by atoms with E-state index in [2.05, 4.69) is 0 Å². The summed E-state index contributed by atoms with van der Waals surface area (Å²) in [5, 5.41) is 0. The fourth-order valence-electron chi connectivity index (χ4n) is 0. The van der Waals surface area contributed by atoms with Crippen LogP contribution in [-0.2, 0) is 33.4 Å². The molecule has 0 bridgehead atoms. The molecule has 0 saturated heterocycles. The van der Waals surface area contributed by atoms with Crippen LogP contribution in [0, 0.1) is 0 Å². The molecule has 0 unspecified atom stereocenters. The molecule has 6 nitrogen and oxygen atoms in total. The Morgan fingerprint density at radius 3 is 0.571 bits per heavy atom. The zero-order valence-corrected chi connectivity index (χ0v) is 4.13. The summed E-state index contributed by atoms with van der Waals surface area (Å²) in [5.74, 6) is 0. The van der Waals surface area contributed by atoms with Gasteiger partial charge in [-0.15, -0.1) is 0 Å². The molecule has 0 aliphatic carbocycles. The van der Waals surface area contributed by atoms with E-state index < -0.39 is 10.5 Å². The van der Waals surface area contributed by atoms with Crippen molar-refractivity contribution in [3.05, 3.63) is 0 Å². The van der Waals surface area contributed by atoms with Crippen LogP contribution in [0.3, 0.4) is 0 Å². The Bertz CT molecular complexity index is 432. The Morgan fingerprint density at radius 2 is 0.571 bits per heavy atom. The molecule has 0 atom stereocenters. The van der Waals surface area contributed by atoms with E-state index in [9.17, 15) is 0 Å². The molecule has 0 aliphatic rings. The zero-order valence-electron chi connectivity index (χ0n) is 2.86. The SMILES string of the molecule is [O]=[Cr](=[O])(=[O])(=[O])(=[O])=[O]. The topological polar surface area (TPSA) is 102 Å². The minimum atomic E-state index is -9.46. The third-order valence-corrected chi connectivity index (χ3v) is 0. The summed E-state index contributed by atoms with van der Waals surface area (Å²) in [5.41, 5.74) is 0. The molecule has 0 heterocycles. The van der Waals surface area contributed by atoms with Crippen molar-refractivity contribution < 1.29 is 33.4 Å². The van der Waals surface area contributed by atoms with Gasteiger partial charge in [0.25, 0.3) is 0 Å². The molecule has 0 aromatic rings. The van der Waals surface area contributed by atoms with Crippen LogP contribution >= 0.6 is 0 Å². The van der Waals surface area contributed by atoms with Crippen molar-refractivity contribution in [2.75, 3.05) is 0 Å². The van der Waals surface area contributed by atoms with E-state index in [1.165, 1.54) is 0 Å². The average Bonchev–Trinajstić information content (AvgIpc) is 0.592. The van der Waals surface area contributed by atoms with Gasteiger partial charge >= 0.3 is 33.4 Å². The summed E-state index contributed by atoms with van der Waals surface area (Å²) >= 11 is 0. The fourth-order valence-corrected chi connectivity index (χ4v) is 0. The van der Waals surface area contributed by atoms with Crippen LogP contribution in [0.1, 0.15) is 0 Å². The maximum atomic E-state index is 8.65.